The van der Waals surface area contributed by atoms with Crippen molar-refractivity contribution in [3.63, 3.8) is 0 Å². The third kappa shape index (κ3) is 9.12. The van der Waals surface area contributed by atoms with Crippen LogP contribution in [0.3, 0.4) is 0 Å². The Morgan fingerprint density at radius 3 is 2.48 bits per heavy atom. The minimum absolute atomic E-state index is 0.00812. The normalized spacial score (nSPS) is 12.7. The van der Waals surface area contributed by atoms with E-state index in [4.69, 9.17) is 4.74 Å². The zero-order valence-corrected chi connectivity index (χ0v) is 21.2. The Bertz CT molecular complexity index is 871. The van der Waals surface area contributed by atoms with Crippen molar-refractivity contribution in [2.45, 2.75) is 84.6 Å². The molecule has 182 valence electrons. The molecule has 0 aliphatic heterocycles. The van der Waals surface area contributed by atoms with Crippen LogP contribution in [0.5, 0.6) is 5.75 Å². The number of methoxy groups -OCH3 is 1. The van der Waals surface area contributed by atoms with Gasteiger partial charge in [-0.15, -0.1) is 10.2 Å². The zero-order chi connectivity index (χ0) is 24.1. The molecule has 33 heavy (non-hydrogen) atoms. The van der Waals surface area contributed by atoms with Crippen LogP contribution in [0.1, 0.15) is 78.6 Å². The fourth-order valence-corrected chi connectivity index (χ4v) is 4.26. The van der Waals surface area contributed by atoms with Crippen LogP contribution in [0.25, 0.3) is 10.6 Å². The van der Waals surface area contributed by atoms with Gasteiger partial charge in [0.15, 0.2) is 0 Å². The number of hydrogen-bond donors (Lipinski definition) is 2. The first-order valence-corrected chi connectivity index (χ1v) is 12.9. The van der Waals surface area contributed by atoms with Crippen LogP contribution < -0.4 is 15.4 Å². The number of amides is 2. The van der Waals surface area contributed by atoms with Gasteiger partial charge in [-0.2, -0.15) is 0 Å². The lowest BCUT2D eigenvalue weighted by atomic mass is 9.98. The predicted octanol–water partition coefficient (Wildman–Crippen LogP) is 5.82. The van der Waals surface area contributed by atoms with Crippen LogP contribution >= 0.6 is 11.3 Å². The van der Waals surface area contributed by atoms with E-state index in [1.54, 1.807) is 7.11 Å². The number of anilines is 1. The third-order valence-electron chi connectivity index (χ3n) is 5.79. The summed E-state index contributed by atoms with van der Waals surface area (Å²) >= 11 is 1.29. The molecule has 0 spiro atoms. The second-order valence-electron chi connectivity index (χ2n) is 8.44. The number of nitrogens with one attached hydrogen (secondary N) is 2. The summed E-state index contributed by atoms with van der Waals surface area (Å²) in [4.78, 5) is 25.5. The molecule has 1 heterocycles. The lowest BCUT2D eigenvalue weighted by molar-refractivity contribution is -0.127. The van der Waals surface area contributed by atoms with E-state index in [0.717, 1.165) is 37.0 Å². The molecule has 2 unspecified atom stereocenters. The zero-order valence-electron chi connectivity index (χ0n) is 20.4. The second-order valence-corrected chi connectivity index (χ2v) is 9.41. The van der Waals surface area contributed by atoms with Crippen molar-refractivity contribution in [3.05, 3.63) is 24.3 Å². The molecule has 2 rings (SSSR count). The molecule has 2 N–H and O–H groups in total. The Kier molecular flexibility index (Phi) is 11.9. The van der Waals surface area contributed by atoms with Gasteiger partial charge in [-0.05, 0) is 24.5 Å². The number of carbonyl (C=O) groups excluding carboxylic acids is 2. The number of rotatable bonds is 15. The fraction of sp³-hybridized carbons (Fsp3) is 0.600. The summed E-state index contributed by atoms with van der Waals surface area (Å²) in [5, 5.41) is 15.2. The van der Waals surface area contributed by atoms with E-state index in [1.165, 1.54) is 37.0 Å². The van der Waals surface area contributed by atoms with Gasteiger partial charge in [0, 0.05) is 12.0 Å². The van der Waals surface area contributed by atoms with Crippen LogP contribution in [-0.4, -0.2) is 35.2 Å². The highest BCUT2D eigenvalue weighted by atomic mass is 32.1. The standard InChI is InChI=1S/C25H38N4O3S/c1-5-7-8-9-10-11-12-16-21(30)26-22(18(3)6-2)23(31)27-25-29-28-24(33-25)19-14-13-15-20(17-19)32-4/h13-15,17-18,22H,5-12,16H2,1-4H3,(H,26,30)(H,27,29,31). The Morgan fingerprint density at radius 1 is 1.06 bits per heavy atom. The number of aromatic nitrogens is 2. The highest BCUT2D eigenvalue weighted by Gasteiger charge is 2.26. The summed E-state index contributed by atoms with van der Waals surface area (Å²) in [5.74, 6) is 0.409. The molecular formula is C25H38N4O3S. The summed E-state index contributed by atoms with van der Waals surface area (Å²) in [6.07, 6.45) is 9.31. The first kappa shape index (κ1) is 26.8. The molecule has 0 fully saturated rings. The van der Waals surface area contributed by atoms with E-state index in [1.807, 2.05) is 38.1 Å². The van der Waals surface area contributed by atoms with E-state index in [2.05, 4.69) is 27.8 Å². The van der Waals surface area contributed by atoms with Crippen LogP contribution in [0.2, 0.25) is 0 Å². The number of hydrogen-bond acceptors (Lipinski definition) is 6. The van der Waals surface area contributed by atoms with E-state index in [9.17, 15) is 9.59 Å². The maximum absolute atomic E-state index is 13.0. The number of ether oxygens (including phenoxy) is 1. The van der Waals surface area contributed by atoms with E-state index < -0.39 is 6.04 Å². The molecule has 2 amide bonds. The summed E-state index contributed by atoms with van der Waals surface area (Å²) in [6.45, 7) is 6.19. The van der Waals surface area contributed by atoms with Gasteiger partial charge in [0.05, 0.1) is 7.11 Å². The summed E-state index contributed by atoms with van der Waals surface area (Å²) < 4.78 is 5.26. The van der Waals surface area contributed by atoms with Gasteiger partial charge in [0.1, 0.15) is 16.8 Å². The molecule has 0 aliphatic rings. The first-order chi connectivity index (χ1) is 16.0. The van der Waals surface area contributed by atoms with Gasteiger partial charge in [-0.3, -0.25) is 14.9 Å². The van der Waals surface area contributed by atoms with Gasteiger partial charge >= 0.3 is 0 Å². The lowest BCUT2D eigenvalue weighted by Crippen LogP contribution is -2.47. The Labute approximate surface area is 201 Å². The smallest absolute Gasteiger partial charge is 0.249 e. The number of carbonyl (C=O) groups is 2. The fourth-order valence-electron chi connectivity index (χ4n) is 3.52. The largest absolute Gasteiger partial charge is 0.497 e. The Hall–Kier alpha value is -2.48. The van der Waals surface area contributed by atoms with Crippen molar-refractivity contribution in [1.29, 1.82) is 0 Å². The van der Waals surface area contributed by atoms with E-state index >= 15 is 0 Å². The molecule has 0 saturated heterocycles. The molecule has 8 heteroatoms. The molecule has 0 saturated carbocycles. The SMILES string of the molecule is CCCCCCCCCC(=O)NC(C(=O)Nc1nnc(-c2cccc(OC)c2)s1)C(C)CC. The highest BCUT2D eigenvalue weighted by Crippen LogP contribution is 2.29. The lowest BCUT2D eigenvalue weighted by Gasteiger charge is -2.23. The minimum Gasteiger partial charge on any atom is -0.497 e. The van der Waals surface area contributed by atoms with Gasteiger partial charge < -0.3 is 10.1 Å². The van der Waals surface area contributed by atoms with Gasteiger partial charge in [-0.25, -0.2) is 0 Å². The molecule has 2 aromatic rings. The average molecular weight is 475 g/mol. The molecule has 7 nitrogen and oxygen atoms in total. The maximum atomic E-state index is 13.0. The van der Waals surface area contributed by atoms with Crippen LogP contribution in [0.15, 0.2) is 24.3 Å². The third-order valence-corrected chi connectivity index (χ3v) is 6.68. The molecule has 0 aliphatic carbocycles. The minimum atomic E-state index is -0.601. The van der Waals surface area contributed by atoms with Crippen LogP contribution in [0, 0.1) is 5.92 Å². The van der Waals surface area contributed by atoms with Crippen molar-refractivity contribution in [1.82, 2.24) is 15.5 Å². The van der Waals surface area contributed by atoms with Crippen molar-refractivity contribution < 1.29 is 14.3 Å². The van der Waals surface area contributed by atoms with Crippen LogP contribution in [0.4, 0.5) is 5.13 Å². The molecule has 0 bridgehead atoms. The maximum Gasteiger partial charge on any atom is 0.249 e. The summed E-state index contributed by atoms with van der Waals surface area (Å²) in [5.41, 5.74) is 0.869. The van der Waals surface area contributed by atoms with Crippen molar-refractivity contribution in [2.75, 3.05) is 12.4 Å². The number of nitrogens with zero attached hydrogens (tertiary/aromatic N) is 2. The number of benzene rings is 1. The summed E-state index contributed by atoms with van der Waals surface area (Å²) in [6, 6.07) is 6.93. The Morgan fingerprint density at radius 2 is 1.79 bits per heavy atom. The van der Waals surface area contributed by atoms with E-state index in [0.29, 0.717) is 16.6 Å². The molecule has 0 radical (unpaired) electrons. The molecule has 1 aromatic carbocycles. The monoisotopic (exact) mass is 474 g/mol. The van der Waals surface area contributed by atoms with Crippen molar-refractivity contribution in [2.24, 2.45) is 5.92 Å². The molecule has 1 aromatic heterocycles. The first-order valence-electron chi connectivity index (χ1n) is 12.1. The quantitative estimate of drug-likeness (QED) is 0.317. The number of unbranched alkanes of at least 4 members (excludes halogenated alkanes) is 6. The van der Waals surface area contributed by atoms with Gasteiger partial charge in [-0.1, -0.05) is 89.2 Å². The van der Waals surface area contributed by atoms with E-state index in [-0.39, 0.29) is 17.7 Å². The second kappa shape index (κ2) is 14.6. The summed E-state index contributed by atoms with van der Waals surface area (Å²) in [7, 11) is 1.61. The van der Waals surface area contributed by atoms with Crippen molar-refractivity contribution in [3.8, 4) is 16.3 Å². The van der Waals surface area contributed by atoms with Crippen LogP contribution in [-0.2, 0) is 9.59 Å². The van der Waals surface area contributed by atoms with Crippen molar-refractivity contribution >= 4 is 28.3 Å². The highest BCUT2D eigenvalue weighted by molar-refractivity contribution is 7.18. The molecular weight excluding hydrogens is 436 g/mol. The van der Waals surface area contributed by atoms with Gasteiger partial charge in [0.2, 0.25) is 16.9 Å². The topological polar surface area (TPSA) is 93.2 Å². The average Bonchev–Trinajstić information content (AvgIpc) is 3.29. The molecule has 2 atom stereocenters. The Balaban J connectivity index is 1.89. The predicted molar refractivity (Wildman–Crippen MR) is 135 cm³/mol. The van der Waals surface area contributed by atoms with Gasteiger partial charge in [0.25, 0.3) is 0 Å².